The van der Waals surface area contributed by atoms with E-state index in [1.54, 1.807) is 0 Å². The first-order valence-electron chi connectivity index (χ1n) is 9.34. The molecule has 2 aliphatic carbocycles. The average molecular weight is 306 g/mol. The van der Waals surface area contributed by atoms with Gasteiger partial charge in [0.05, 0.1) is 0 Å². The maximum atomic E-state index is 12.6. The monoisotopic (exact) mass is 306 g/mol. The number of amides is 1. The average Bonchev–Trinajstić information content (AvgIpc) is 2.81. The quantitative estimate of drug-likeness (QED) is 0.836. The van der Waals surface area contributed by atoms with Crippen LogP contribution in [-0.4, -0.2) is 25.0 Å². The molecule has 1 aliphatic heterocycles. The molecule has 0 aromatic carbocycles. The van der Waals surface area contributed by atoms with Gasteiger partial charge in [0.1, 0.15) is 0 Å². The minimum absolute atomic E-state index is 0.285. The van der Waals surface area contributed by atoms with Crippen LogP contribution in [0.5, 0.6) is 0 Å². The van der Waals surface area contributed by atoms with Crippen molar-refractivity contribution in [3.05, 3.63) is 0 Å². The second-order valence-electron chi connectivity index (χ2n) is 9.02. The lowest BCUT2D eigenvalue weighted by Crippen LogP contribution is -2.47. The van der Waals surface area contributed by atoms with Gasteiger partial charge < -0.3 is 10.6 Å². The minimum Gasteiger partial charge on any atom is -0.353 e. The summed E-state index contributed by atoms with van der Waals surface area (Å²) >= 11 is 0. The number of hydrogen-bond acceptors (Lipinski definition) is 2. The highest BCUT2D eigenvalue weighted by atomic mass is 16.1. The summed E-state index contributed by atoms with van der Waals surface area (Å²) < 4.78 is 0. The number of piperidine rings is 1. The predicted octanol–water partition coefficient (Wildman–Crippen LogP) is 3.34. The fraction of sp³-hybridized carbons (Fsp3) is 0.947. The number of rotatable bonds is 4. The fourth-order valence-electron chi connectivity index (χ4n) is 5.50. The minimum atomic E-state index is 0.285. The molecule has 1 heterocycles. The standard InChI is InChI=1S/C19H34N2O/c1-13(14-6-5-9-20-12-14)10-17(22)21-16-11-15-7-8-19(16,4)18(15,2)3/h13-16,20H,5-12H2,1-4H3,(H,21,22). The summed E-state index contributed by atoms with van der Waals surface area (Å²) in [6.45, 7) is 11.7. The van der Waals surface area contributed by atoms with Gasteiger partial charge in [0.25, 0.3) is 0 Å². The molecule has 0 spiro atoms. The molecule has 0 aromatic rings. The van der Waals surface area contributed by atoms with Gasteiger partial charge in [-0.05, 0) is 73.8 Å². The van der Waals surface area contributed by atoms with E-state index in [1.807, 2.05) is 0 Å². The highest BCUT2D eigenvalue weighted by molar-refractivity contribution is 5.76. The topological polar surface area (TPSA) is 41.1 Å². The second-order valence-corrected chi connectivity index (χ2v) is 9.02. The van der Waals surface area contributed by atoms with Gasteiger partial charge >= 0.3 is 0 Å². The molecule has 3 fully saturated rings. The summed E-state index contributed by atoms with van der Waals surface area (Å²) in [5, 5.41) is 6.89. The van der Waals surface area contributed by atoms with Crippen molar-refractivity contribution in [2.24, 2.45) is 28.6 Å². The fourth-order valence-corrected chi connectivity index (χ4v) is 5.50. The lowest BCUT2D eigenvalue weighted by Gasteiger charge is -2.39. The van der Waals surface area contributed by atoms with Gasteiger partial charge in [-0.2, -0.15) is 0 Å². The van der Waals surface area contributed by atoms with E-state index in [0.29, 0.717) is 35.1 Å². The van der Waals surface area contributed by atoms with E-state index in [1.165, 1.54) is 32.1 Å². The SMILES string of the molecule is CC(CC(=O)NC1CC2CCC1(C)C2(C)C)C1CCCNC1. The third-order valence-corrected chi connectivity index (χ3v) is 7.78. The molecule has 0 radical (unpaired) electrons. The van der Waals surface area contributed by atoms with Gasteiger partial charge in [-0.3, -0.25) is 4.79 Å². The maximum absolute atomic E-state index is 12.6. The molecule has 3 nitrogen and oxygen atoms in total. The number of nitrogens with one attached hydrogen (secondary N) is 2. The van der Waals surface area contributed by atoms with Crippen LogP contribution in [0.4, 0.5) is 0 Å². The number of carbonyl (C=O) groups excluding carboxylic acids is 1. The molecule has 2 N–H and O–H groups in total. The summed E-state index contributed by atoms with van der Waals surface area (Å²) in [4.78, 5) is 12.6. The Bertz CT molecular complexity index is 427. The van der Waals surface area contributed by atoms with Gasteiger partial charge in [0.2, 0.25) is 5.91 Å². The molecule has 126 valence electrons. The van der Waals surface area contributed by atoms with Crippen LogP contribution in [0.3, 0.4) is 0 Å². The first kappa shape index (κ1) is 16.3. The summed E-state index contributed by atoms with van der Waals surface area (Å²) in [6.07, 6.45) is 7.04. The van der Waals surface area contributed by atoms with Crippen molar-refractivity contribution < 1.29 is 4.79 Å². The third-order valence-electron chi connectivity index (χ3n) is 7.78. The Morgan fingerprint density at radius 2 is 2.09 bits per heavy atom. The molecule has 3 aliphatic rings. The van der Waals surface area contributed by atoms with Crippen molar-refractivity contribution in [1.82, 2.24) is 10.6 Å². The van der Waals surface area contributed by atoms with E-state index in [9.17, 15) is 4.79 Å². The zero-order chi connectivity index (χ0) is 16.0. The highest BCUT2D eigenvalue weighted by Crippen LogP contribution is 2.65. The van der Waals surface area contributed by atoms with Crippen LogP contribution >= 0.6 is 0 Å². The van der Waals surface area contributed by atoms with Crippen molar-refractivity contribution >= 4 is 5.91 Å². The smallest absolute Gasteiger partial charge is 0.220 e. The largest absolute Gasteiger partial charge is 0.353 e. The Hall–Kier alpha value is -0.570. The van der Waals surface area contributed by atoms with Gasteiger partial charge in [-0.1, -0.05) is 27.7 Å². The van der Waals surface area contributed by atoms with Gasteiger partial charge in [-0.25, -0.2) is 0 Å². The van der Waals surface area contributed by atoms with Crippen molar-refractivity contribution in [3.63, 3.8) is 0 Å². The maximum Gasteiger partial charge on any atom is 0.220 e. The molecule has 3 heteroatoms. The van der Waals surface area contributed by atoms with Crippen molar-refractivity contribution in [1.29, 1.82) is 0 Å². The van der Waals surface area contributed by atoms with E-state index in [0.717, 1.165) is 19.0 Å². The van der Waals surface area contributed by atoms with E-state index in [-0.39, 0.29) is 5.91 Å². The third kappa shape index (κ3) is 2.60. The molecule has 2 bridgehead atoms. The molecule has 5 unspecified atom stereocenters. The summed E-state index contributed by atoms with van der Waals surface area (Å²) in [5.74, 6) is 2.24. The van der Waals surface area contributed by atoms with Crippen molar-refractivity contribution in [3.8, 4) is 0 Å². The van der Waals surface area contributed by atoms with Crippen LogP contribution in [-0.2, 0) is 4.79 Å². The Morgan fingerprint density at radius 3 is 2.64 bits per heavy atom. The van der Waals surface area contributed by atoms with Crippen LogP contribution in [0.15, 0.2) is 0 Å². The highest BCUT2D eigenvalue weighted by Gasteiger charge is 2.61. The Balaban J connectivity index is 1.54. The van der Waals surface area contributed by atoms with E-state index >= 15 is 0 Å². The lowest BCUT2D eigenvalue weighted by molar-refractivity contribution is -0.124. The predicted molar refractivity (Wildman–Crippen MR) is 90.5 cm³/mol. The zero-order valence-corrected chi connectivity index (χ0v) is 14.9. The Morgan fingerprint density at radius 1 is 1.32 bits per heavy atom. The molecule has 22 heavy (non-hydrogen) atoms. The van der Waals surface area contributed by atoms with E-state index in [2.05, 4.69) is 38.3 Å². The summed E-state index contributed by atoms with van der Waals surface area (Å²) in [7, 11) is 0. The molecular formula is C19H34N2O. The molecule has 1 saturated heterocycles. The van der Waals surface area contributed by atoms with Gasteiger partial charge in [-0.15, -0.1) is 0 Å². The van der Waals surface area contributed by atoms with Crippen LogP contribution in [0.2, 0.25) is 0 Å². The van der Waals surface area contributed by atoms with Crippen molar-refractivity contribution in [2.75, 3.05) is 13.1 Å². The van der Waals surface area contributed by atoms with Gasteiger partial charge in [0, 0.05) is 12.5 Å². The molecule has 2 saturated carbocycles. The molecule has 3 rings (SSSR count). The number of hydrogen-bond donors (Lipinski definition) is 2. The lowest BCUT2D eigenvalue weighted by atomic mass is 9.69. The Labute approximate surface area is 136 Å². The second kappa shape index (κ2) is 5.81. The van der Waals surface area contributed by atoms with Gasteiger partial charge in [0.15, 0.2) is 0 Å². The van der Waals surface area contributed by atoms with E-state index in [4.69, 9.17) is 0 Å². The molecule has 5 atom stereocenters. The number of fused-ring (bicyclic) bond motifs is 2. The first-order chi connectivity index (χ1) is 10.3. The molecule has 0 aromatic heterocycles. The van der Waals surface area contributed by atoms with Crippen LogP contribution in [0, 0.1) is 28.6 Å². The molecular weight excluding hydrogens is 272 g/mol. The normalized spacial score (nSPS) is 41.4. The number of carbonyl (C=O) groups is 1. The van der Waals surface area contributed by atoms with Crippen LogP contribution < -0.4 is 10.6 Å². The zero-order valence-electron chi connectivity index (χ0n) is 14.9. The van der Waals surface area contributed by atoms with Crippen LogP contribution in [0.25, 0.3) is 0 Å². The van der Waals surface area contributed by atoms with Crippen molar-refractivity contribution in [2.45, 2.75) is 72.3 Å². The summed E-state index contributed by atoms with van der Waals surface area (Å²) in [5.41, 5.74) is 0.673. The van der Waals surface area contributed by atoms with Crippen LogP contribution in [0.1, 0.15) is 66.2 Å². The van der Waals surface area contributed by atoms with E-state index < -0.39 is 0 Å². The first-order valence-corrected chi connectivity index (χ1v) is 9.34. The molecule has 1 amide bonds. The Kier molecular flexibility index (Phi) is 4.30. The summed E-state index contributed by atoms with van der Waals surface area (Å²) in [6, 6.07) is 0.394.